The summed E-state index contributed by atoms with van der Waals surface area (Å²) >= 11 is 0. The van der Waals surface area contributed by atoms with E-state index in [0.29, 0.717) is 5.75 Å². The van der Waals surface area contributed by atoms with Gasteiger partial charge in [0.15, 0.2) is 6.61 Å². The first-order valence-corrected chi connectivity index (χ1v) is 7.27. The molecule has 1 atom stereocenters. The number of hydrogen-bond donors (Lipinski definition) is 2. The molecule has 6 heteroatoms. The van der Waals surface area contributed by atoms with Gasteiger partial charge in [0.2, 0.25) is 0 Å². The maximum Gasteiger partial charge on any atom is 0.341 e. The highest BCUT2D eigenvalue weighted by atomic mass is 16.5. The maximum absolute atomic E-state index is 12.3. The highest BCUT2D eigenvalue weighted by Crippen LogP contribution is 2.35. The fourth-order valence-corrected chi connectivity index (χ4v) is 2.43. The van der Waals surface area contributed by atoms with Crippen molar-refractivity contribution in [2.75, 3.05) is 13.7 Å². The van der Waals surface area contributed by atoms with Gasteiger partial charge >= 0.3 is 5.97 Å². The molecule has 0 bridgehead atoms. The number of ether oxygens (including phenoxy) is 2. The standard InChI is InChI=1S/C16H21NO5/c1-11(17-15(20)16(21-2)8-3-9-16)12-4-6-13(7-5-12)22-10-14(18)19/h4-7,11H,3,8-10H2,1-2H3,(H,17,20)(H,18,19). The molecule has 1 amide bonds. The van der Waals surface area contributed by atoms with E-state index >= 15 is 0 Å². The minimum Gasteiger partial charge on any atom is -0.482 e. The first kappa shape index (κ1) is 16.3. The molecule has 1 saturated carbocycles. The van der Waals surface area contributed by atoms with Crippen LogP contribution >= 0.6 is 0 Å². The number of carbonyl (C=O) groups excluding carboxylic acids is 1. The topological polar surface area (TPSA) is 84.9 Å². The zero-order valence-electron chi connectivity index (χ0n) is 12.8. The summed E-state index contributed by atoms with van der Waals surface area (Å²) in [6, 6.07) is 6.84. The molecular formula is C16H21NO5. The van der Waals surface area contributed by atoms with Crippen LogP contribution < -0.4 is 10.1 Å². The molecule has 120 valence electrons. The van der Waals surface area contributed by atoms with E-state index in [0.717, 1.165) is 24.8 Å². The van der Waals surface area contributed by atoms with Crippen LogP contribution in [-0.4, -0.2) is 36.3 Å². The molecule has 1 aromatic carbocycles. The summed E-state index contributed by atoms with van der Waals surface area (Å²) in [4.78, 5) is 22.7. The minimum atomic E-state index is -1.02. The summed E-state index contributed by atoms with van der Waals surface area (Å²) in [5, 5.41) is 11.5. The van der Waals surface area contributed by atoms with Crippen molar-refractivity contribution in [3.8, 4) is 5.75 Å². The lowest BCUT2D eigenvalue weighted by atomic mass is 9.79. The molecule has 0 spiro atoms. The van der Waals surface area contributed by atoms with Crippen LogP contribution in [0.2, 0.25) is 0 Å². The Morgan fingerprint density at radius 1 is 1.32 bits per heavy atom. The second kappa shape index (κ2) is 6.79. The highest BCUT2D eigenvalue weighted by molar-refractivity contribution is 5.86. The van der Waals surface area contributed by atoms with Crippen molar-refractivity contribution in [3.63, 3.8) is 0 Å². The van der Waals surface area contributed by atoms with Crippen LogP contribution in [0.4, 0.5) is 0 Å². The van der Waals surface area contributed by atoms with E-state index in [2.05, 4.69) is 5.32 Å². The Bertz CT molecular complexity index is 530. The predicted octanol–water partition coefficient (Wildman–Crippen LogP) is 1.90. The molecule has 2 rings (SSSR count). The van der Waals surface area contributed by atoms with Crippen LogP contribution in [-0.2, 0) is 14.3 Å². The third-order valence-electron chi connectivity index (χ3n) is 4.06. The Morgan fingerprint density at radius 2 is 1.95 bits per heavy atom. The monoisotopic (exact) mass is 307 g/mol. The number of carboxylic acid groups (broad SMARTS) is 1. The number of carbonyl (C=O) groups is 2. The Balaban J connectivity index is 1.93. The molecule has 0 aromatic heterocycles. The van der Waals surface area contributed by atoms with Crippen LogP contribution in [0.5, 0.6) is 5.75 Å². The van der Waals surface area contributed by atoms with E-state index in [1.807, 2.05) is 19.1 Å². The Hall–Kier alpha value is -2.08. The largest absolute Gasteiger partial charge is 0.482 e. The van der Waals surface area contributed by atoms with Crippen molar-refractivity contribution in [1.82, 2.24) is 5.32 Å². The molecule has 1 aliphatic rings. The quantitative estimate of drug-likeness (QED) is 0.803. The van der Waals surface area contributed by atoms with Crippen molar-refractivity contribution < 1.29 is 24.2 Å². The molecule has 0 saturated heterocycles. The number of methoxy groups -OCH3 is 1. The van der Waals surface area contributed by atoms with Crippen molar-refractivity contribution >= 4 is 11.9 Å². The Kier molecular flexibility index (Phi) is 5.03. The summed E-state index contributed by atoms with van der Waals surface area (Å²) in [7, 11) is 1.57. The minimum absolute atomic E-state index is 0.0834. The summed E-state index contributed by atoms with van der Waals surface area (Å²) in [6.45, 7) is 1.52. The lowest BCUT2D eigenvalue weighted by Gasteiger charge is -2.39. The number of amides is 1. The van der Waals surface area contributed by atoms with Gasteiger partial charge in [0.1, 0.15) is 11.4 Å². The third kappa shape index (κ3) is 3.57. The summed E-state index contributed by atoms with van der Waals surface area (Å²) in [5.41, 5.74) is 0.250. The number of carboxylic acids is 1. The van der Waals surface area contributed by atoms with Gasteiger partial charge < -0.3 is 19.9 Å². The predicted molar refractivity (Wildman–Crippen MR) is 79.7 cm³/mol. The van der Waals surface area contributed by atoms with E-state index in [4.69, 9.17) is 14.6 Å². The molecule has 1 fully saturated rings. The smallest absolute Gasteiger partial charge is 0.341 e. The fourth-order valence-electron chi connectivity index (χ4n) is 2.43. The number of hydrogen-bond acceptors (Lipinski definition) is 4. The number of benzene rings is 1. The molecule has 22 heavy (non-hydrogen) atoms. The van der Waals surface area contributed by atoms with Gasteiger partial charge in [-0.2, -0.15) is 0 Å². The Labute approximate surface area is 129 Å². The van der Waals surface area contributed by atoms with Crippen molar-refractivity contribution in [2.45, 2.75) is 37.8 Å². The van der Waals surface area contributed by atoms with Crippen LogP contribution in [0, 0.1) is 0 Å². The van der Waals surface area contributed by atoms with Gasteiger partial charge in [-0.3, -0.25) is 4.79 Å². The van der Waals surface area contributed by atoms with Crippen molar-refractivity contribution in [2.24, 2.45) is 0 Å². The SMILES string of the molecule is COC1(C(=O)NC(C)c2ccc(OCC(=O)O)cc2)CCC1. The van der Waals surface area contributed by atoms with E-state index < -0.39 is 11.6 Å². The van der Waals surface area contributed by atoms with Crippen molar-refractivity contribution in [1.29, 1.82) is 0 Å². The van der Waals surface area contributed by atoms with Gasteiger partial charge in [0, 0.05) is 7.11 Å². The molecule has 0 radical (unpaired) electrons. The van der Waals surface area contributed by atoms with E-state index in [9.17, 15) is 9.59 Å². The zero-order valence-corrected chi connectivity index (χ0v) is 12.8. The molecule has 6 nitrogen and oxygen atoms in total. The fraction of sp³-hybridized carbons (Fsp3) is 0.500. The first-order valence-electron chi connectivity index (χ1n) is 7.27. The van der Waals surface area contributed by atoms with Crippen LogP contribution in [0.1, 0.15) is 37.8 Å². The number of nitrogens with one attached hydrogen (secondary N) is 1. The van der Waals surface area contributed by atoms with Crippen LogP contribution in [0.15, 0.2) is 24.3 Å². The van der Waals surface area contributed by atoms with Gasteiger partial charge in [0.25, 0.3) is 5.91 Å². The zero-order chi connectivity index (χ0) is 16.2. The van der Waals surface area contributed by atoms with Gasteiger partial charge in [-0.1, -0.05) is 12.1 Å². The second-order valence-electron chi connectivity index (χ2n) is 5.50. The summed E-state index contributed by atoms with van der Waals surface area (Å²) < 4.78 is 10.4. The molecule has 1 unspecified atom stereocenters. The molecule has 0 aliphatic heterocycles. The van der Waals surface area contributed by atoms with Gasteiger partial charge in [-0.15, -0.1) is 0 Å². The Morgan fingerprint density at radius 3 is 2.41 bits per heavy atom. The number of rotatable bonds is 7. The third-order valence-corrected chi connectivity index (χ3v) is 4.06. The molecular weight excluding hydrogens is 286 g/mol. The highest BCUT2D eigenvalue weighted by Gasteiger charge is 2.44. The van der Waals surface area contributed by atoms with E-state index in [-0.39, 0.29) is 18.6 Å². The van der Waals surface area contributed by atoms with E-state index in [1.54, 1.807) is 19.2 Å². The lowest BCUT2D eigenvalue weighted by molar-refractivity contribution is -0.155. The van der Waals surface area contributed by atoms with Gasteiger partial charge in [-0.05, 0) is 43.9 Å². The van der Waals surface area contributed by atoms with Crippen LogP contribution in [0.25, 0.3) is 0 Å². The average molecular weight is 307 g/mol. The van der Waals surface area contributed by atoms with Crippen LogP contribution in [0.3, 0.4) is 0 Å². The first-order chi connectivity index (χ1) is 10.5. The molecule has 1 aliphatic carbocycles. The summed E-state index contributed by atoms with van der Waals surface area (Å²) in [6.07, 6.45) is 2.51. The molecule has 0 heterocycles. The summed E-state index contributed by atoms with van der Waals surface area (Å²) in [5.74, 6) is -0.618. The van der Waals surface area contributed by atoms with E-state index in [1.165, 1.54) is 0 Å². The van der Waals surface area contributed by atoms with Gasteiger partial charge in [0.05, 0.1) is 6.04 Å². The van der Waals surface area contributed by atoms with Crippen molar-refractivity contribution in [3.05, 3.63) is 29.8 Å². The maximum atomic E-state index is 12.3. The normalized spacial score (nSPS) is 17.2. The average Bonchev–Trinajstić information content (AvgIpc) is 2.45. The molecule has 2 N–H and O–H groups in total. The van der Waals surface area contributed by atoms with Gasteiger partial charge in [-0.25, -0.2) is 4.79 Å². The number of aliphatic carboxylic acids is 1. The molecule has 1 aromatic rings. The second-order valence-corrected chi connectivity index (χ2v) is 5.50. The lowest BCUT2D eigenvalue weighted by Crippen LogP contribution is -2.53.